The number of hydrogen-bond donors (Lipinski definition) is 1. The van der Waals surface area contributed by atoms with Crippen LogP contribution in [-0.2, 0) is 4.79 Å². The Labute approximate surface area is 166 Å². The lowest BCUT2D eigenvalue weighted by molar-refractivity contribution is -0.133. The molecule has 0 aromatic carbocycles. The number of ketones is 1. The van der Waals surface area contributed by atoms with Crippen molar-refractivity contribution in [1.82, 2.24) is 0 Å². The standard InChI is InChI=1S/C23H33BrO2/c1-20(26)8-6-13-12(10-20)4-5-15-14(13)7-9-21(2)17(15)18-19-22(18,3)23(19,21)16(25)11-24/h12-15,17-19,26H,4-11H2,1-3H3/t12-,13+,14-,15-,17-,18+,19-,20-,21+,22+,23+/m1/s1. The summed E-state index contributed by atoms with van der Waals surface area (Å²) in [5, 5.41) is 11.1. The number of hydrogen-bond acceptors (Lipinski definition) is 2. The first kappa shape index (κ1) is 17.0. The summed E-state index contributed by atoms with van der Waals surface area (Å²) >= 11 is 3.51. The van der Waals surface area contributed by atoms with Gasteiger partial charge in [0.1, 0.15) is 0 Å². The van der Waals surface area contributed by atoms with Gasteiger partial charge in [0.05, 0.1) is 10.9 Å². The Hall–Kier alpha value is 0.110. The Morgan fingerprint density at radius 2 is 1.69 bits per heavy atom. The average Bonchev–Trinajstić information content (AvgIpc) is 3.31. The topological polar surface area (TPSA) is 37.3 Å². The summed E-state index contributed by atoms with van der Waals surface area (Å²) in [4.78, 5) is 13.0. The summed E-state index contributed by atoms with van der Waals surface area (Å²) in [6, 6.07) is 0. The zero-order valence-electron chi connectivity index (χ0n) is 16.4. The number of Topliss-reactive ketones (excluding diaryl/α,β-unsaturated/α-hetero) is 1. The van der Waals surface area contributed by atoms with Crippen LogP contribution in [-0.4, -0.2) is 21.8 Å². The molecule has 0 saturated heterocycles. The van der Waals surface area contributed by atoms with E-state index in [1.807, 2.05) is 0 Å². The van der Waals surface area contributed by atoms with Crippen molar-refractivity contribution in [3.05, 3.63) is 0 Å². The Kier molecular flexibility index (Phi) is 3.03. The van der Waals surface area contributed by atoms with Gasteiger partial charge in [-0.15, -0.1) is 0 Å². The van der Waals surface area contributed by atoms with Gasteiger partial charge in [-0.05, 0) is 104 Å². The van der Waals surface area contributed by atoms with E-state index in [1.165, 1.54) is 32.1 Å². The lowest BCUT2D eigenvalue weighted by Gasteiger charge is -2.56. The Morgan fingerprint density at radius 1 is 1.00 bits per heavy atom. The zero-order valence-corrected chi connectivity index (χ0v) is 18.0. The number of rotatable bonds is 2. The third-order valence-electron chi connectivity index (χ3n) is 11.2. The number of alkyl halides is 1. The molecule has 0 heterocycles. The van der Waals surface area contributed by atoms with Crippen molar-refractivity contribution in [1.29, 1.82) is 0 Å². The van der Waals surface area contributed by atoms with Gasteiger partial charge in [0.25, 0.3) is 0 Å². The van der Waals surface area contributed by atoms with Gasteiger partial charge < -0.3 is 5.11 Å². The molecule has 0 amide bonds. The van der Waals surface area contributed by atoms with Gasteiger partial charge in [-0.1, -0.05) is 29.8 Å². The largest absolute Gasteiger partial charge is 0.390 e. The summed E-state index contributed by atoms with van der Waals surface area (Å²) in [6.07, 6.45) is 8.56. The minimum absolute atomic E-state index is 0.0386. The van der Waals surface area contributed by atoms with Crippen LogP contribution in [0.5, 0.6) is 0 Å². The number of carbonyl (C=O) groups excluding carboxylic acids is 1. The first-order valence-corrected chi connectivity index (χ1v) is 12.2. The molecule has 7 aliphatic rings. The number of halogens is 1. The molecule has 2 nitrogen and oxygen atoms in total. The summed E-state index contributed by atoms with van der Waals surface area (Å²) < 4.78 is 0. The summed E-state index contributed by atoms with van der Waals surface area (Å²) in [7, 11) is 0. The fraction of sp³-hybridized carbons (Fsp3) is 0.957. The lowest BCUT2D eigenvalue weighted by atomic mass is 9.49. The van der Waals surface area contributed by atoms with Crippen LogP contribution < -0.4 is 0 Å². The molecule has 0 spiro atoms. The van der Waals surface area contributed by atoms with E-state index >= 15 is 0 Å². The third kappa shape index (κ3) is 1.52. The van der Waals surface area contributed by atoms with Gasteiger partial charge in [0, 0.05) is 5.41 Å². The molecule has 1 N–H and O–H groups in total. The van der Waals surface area contributed by atoms with Gasteiger partial charge in [0.2, 0.25) is 0 Å². The van der Waals surface area contributed by atoms with Crippen molar-refractivity contribution < 1.29 is 9.90 Å². The molecular weight excluding hydrogens is 388 g/mol. The fourth-order valence-electron chi connectivity index (χ4n) is 10.6. The second kappa shape index (κ2) is 4.64. The van der Waals surface area contributed by atoms with E-state index in [-0.39, 0.29) is 10.8 Å². The predicted molar refractivity (Wildman–Crippen MR) is 105 cm³/mol. The van der Waals surface area contributed by atoms with Crippen LogP contribution in [0.4, 0.5) is 0 Å². The van der Waals surface area contributed by atoms with E-state index in [4.69, 9.17) is 0 Å². The van der Waals surface area contributed by atoms with Crippen LogP contribution in [0.15, 0.2) is 0 Å². The SMILES string of the molecule is C[C@@]1(O)CC[C@H]2[C@H](CC[C@@H]3[C@@H]2CC[C@@]2(C)[C@H]3[C@H]3[C@@H]4[C@@]3(C)[C@@]42C(=O)CBr)C1. The maximum Gasteiger partial charge on any atom is 0.150 e. The minimum Gasteiger partial charge on any atom is -0.390 e. The predicted octanol–water partition coefficient (Wildman–Crippen LogP) is 4.83. The van der Waals surface area contributed by atoms with Crippen LogP contribution in [0.2, 0.25) is 0 Å². The van der Waals surface area contributed by atoms with Gasteiger partial charge >= 0.3 is 0 Å². The summed E-state index contributed by atoms with van der Waals surface area (Å²) in [5.74, 6) is 6.24. The number of fused-ring (bicyclic) bond motifs is 3. The van der Waals surface area contributed by atoms with E-state index in [2.05, 4.69) is 36.7 Å². The first-order valence-electron chi connectivity index (χ1n) is 11.1. The molecule has 7 fully saturated rings. The zero-order chi connectivity index (χ0) is 18.3. The Balaban J connectivity index is 1.33. The maximum atomic E-state index is 13.0. The summed E-state index contributed by atoms with van der Waals surface area (Å²) in [6.45, 7) is 7.02. The minimum atomic E-state index is -0.421. The van der Waals surface area contributed by atoms with E-state index < -0.39 is 5.60 Å². The van der Waals surface area contributed by atoms with Crippen LogP contribution in [0, 0.1) is 57.7 Å². The van der Waals surface area contributed by atoms with Crippen LogP contribution in [0.1, 0.15) is 65.7 Å². The Bertz CT molecular complexity index is 702. The van der Waals surface area contributed by atoms with Crippen molar-refractivity contribution in [2.45, 2.75) is 71.3 Å². The normalized spacial score (nSPS) is 66.9. The highest BCUT2D eigenvalue weighted by atomic mass is 79.9. The Morgan fingerprint density at radius 3 is 2.38 bits per heavy atom. The molecule has 3 heteroatoms. The molecule has 0 aromatic rings. The van der Waals surface area contributed by atoms with E-state index in [9.17, 15) is 9.90 Å². The number of carbonyl (C=O) groups is 1. The average molecular weight is 421 g/mol. The fourth-order valence-corrected chi connectivity index (χ4v) is 11.0. The number of aliphatic hydroxyl groups is 1. The van der Waals surface area contributed by atoms with Crippen LogP contribution >= 0.6 is 15.9 Å². The van der Waals surface area contributed by atoms with Crippen molar-refractivity contribution in [2.75, 3.05) is 5.33 Å². The first-order chi connectivity index (χ1) is 12.2. The van der Waals surface area contributed by atoms with Gasteiger partial charge in [-0.2, -0.15) is 0 Å². The molecular formula is C23H33BrO2. The molecule has 11 atom stereocenters. The molecule has 26 heavy (non-hydrogen) atoms. The third-order valence-corrected chi connectivity index (χ3v) is 11.7. The van der Waals surface area contributed by atoms with Crippen molar-refractivity contribution in [2.24, 2.45) is 57.7 Å². The highest BCUT2D eigenvalue weighted by Crippen LogP contribution is 3.05. The van der Waals surface area contributed by atoms with Crippen molar-refractivity contribution in [3.63, 3.8) is 0 Å². The van der Waals surface area contributed by atoms with Gasteiger partial charge in [-0.3, -0.25) is 4.79 Å². The molecule has 0 unspecified atom stereocenters. The van der Waals surface area contributed by atoms with Gasteiger partial charge in [0.15, 0.2) is 5.78 Å². The smallest absolute Gasteiger partial charge is 0.150 e. The maximum absolute atomic E-state index is 13.0. The molecule has 2 bridgehead atoms. The van der Waals surface area contributed by atoms with Crippen LogP contribution in [0.25, 0.3) is 0 Å². The second-order valence-corrected chi connectivity index (χ2v) is 12.3. The van der Waals surface area contributed by atoms with Crippen molar-refractivity contribution >= 4 is 21.7 Å². The second-order valence-electron chi connectivity index (χ2n) is 11.7. The summed E-state index contributed by atoms with van der Waals surface area (Å²) in [5.41, 5.74) is 0.252. The van der Waals surface area contributed by atoms with Gasteiger partial charge in [-0.25, -0.2) is 0 Å². The monoisotopic (exact) mass is 420 g/mol. The quantitative estimate of drug-likeness (QED) is 0.649. The lowest BCUT2D eigenvalue weighted by Crippen LogP contribution is -2.51. The molecule has 7 rings (SSSR count). The molecule has 0 aliphatic heterocycles. The van der Waals surface area contributed by atoms with Crippen LogP contribution in [0.3, 0.4) is 0 Å². The molecule has 7 aliphatic carbocycles. The highest BCUT2D eigenvalue weighted by molar-refractivity contribution is 9.09. The molecule has 0 radical (unpaired) electrons. The molecule has 0 aromatic heterocycles. The van der Waals surface area contributed by atoms with E-state index in [1.54, 1.807) is 0 Å². The van der Waals surface area contributed by atoms with E-state index in [0.717, 1.165) is 54.3 Å². The molecule has 144 valence electrons. The van der Waals surface area contributed by atoms with E-state index in [0.29, 0.717) is 16.5 Å². The molecule has 7 saturated carbocycles. The highest BCUT2D eigenvalue weighted by Gasteiger charge is 3.05. The van der Waals surface area contributed by atoms with Crippen molar-refractivity contribution in [3.8, 4) is 0 Å².